The van der Waals surface area contributed by atoms with Crippen LogP contribution in [0, 0.1) is 5.92 Å². The largest absolute Gasteiger partial charge is 0.389 e. The molecular weight excluding hydrogens is 316 g/mol. The van der Waals surface area contributed by atoms with Gasteiger partial charge in [0.15, 0.2) is 0 Å². The van der Waals surface area contributed by atoms with Crippen molar-refractivity contribution in [3.63, 3.8) is 0 Å². The molecule has 0 saturated carbocycles. The number of hydrogen-bond acceptors (Lipinski definition) is 5. The van der Waals surface area contributed by atoms with E-state index in [0.29, 0.717) is 24.0 Å². The lowest BCUT2D eigenvalue weighted by atomic mass is 9.94. The lowest BCUT2D eigenvalue weighted by Gasteiger charge is -2.27. The Morgan fingerprint density at radius 2 is 2.15 bits per heavy atom. The van der Waals surface area contributed by atoms with Crippen molar-refractivity contribution in [3.05, 3.63) is 17.0 Å². The molecule has 20 heavy (non-hydrogen) atoms. The maximum absolute atomic E-state index is 12.3. The third-order valence-corrected chi connectivity index (χ3v) is 6.92. The highest BCUT2D eigenvalue weighted by molar-refractivity contribution is 7.91. The summed E-state index contributed by atoms with van der Waals surface area (Å²) >= 11 is 5.94. The van der Waals surface area contributed by atoms with E-state index >= 15 is 0 Å². The second-order valence-corrected chi connectivity index (χ2v) is 8.31. The van der Waals surface area contributed by atoms with Gasteiger partial charge in [0.1, 0.15) is 9.20 Å². The van der Waals surface area contributed by atoms with Gasteiger partial charge in [-0.3, -0.25) is 0 Å². The second-order valence-electron chi connectivity index (χ2n) is 4.84. The van der Waals surface area contributed by atoms with Crippen molar-refractivity contribution in [1.82, 2.24) is 4.72 Å². The van der Waals surface area contributed by atoms with Crippen LogP contribution in [0.5, 0.6) is 0 Å². The molecule has 1 aliphatic rings. The van der Waals surface area contributed by atoms with Gasteiger partial charge < -0.3 is 10.5 Å². The Bertz CT molecular complexity index is 577. The highest BCUT2D eigenvalue weighted by Crippen LogP contribution is 2.24. The van der Waals surface area contributed by atoms with Crippen LogP contribution in [0.15, 0.2) is 16.3 Å². The maximum atomic E-state index is 12.3. The summed E-state index contributed by atoms with van der Waals surface area (Å²) in [5.41, 5.74) is 5.50. The first-order valence-electron chi connectivity index (χ1n) is 6.40. The fraction of sp³-hybridized carbons (Fsp3) is 0.583. The first-order chi connectivity index (χ1) is 9.40. The summed E-state index contributed by atoms with van der Waals surface area (Å²) in [4.78, 5) is 0.827. The van der Waals surface area contributed by atoms with Gasteiger partial charge in [-0.25, -0.2) is 13.1 Å². The quantitative estimate of drug-likeness (QED) is 0.797. The number of thiophene rings is 1. The van der Waals surface area contributed by atoms with Crippen LogP contribution in [0.1, 0.15) is 24.6 Å². The van der Waals surface area contributed by atoms with Crippen LogP contribution in [0.25, 0.3) is 0 Å². The summed E-state index contributed by atoms with van der Waals surface area (Å²) in [6.45, 7) is 3.29. The van der Waals surface area contributed by atoms with E-state index in [2.05, 4.69) is 4.72 Å². The molecular formula is C12H18N2O3S3. The molecule has 3 N–H and O–H groups in total. The first-order valence-corrected chi connectivity index (χ1v) is 9.10. The van der Waals surface area contributed by atoms with E-state index in [-0.39, 0.29) is 15.2 Å². The summed E-state index contributed by atoms with van der Waals surface area (Å²) in [7, 11) is -3.51. The molecule has 1 atom stereocenters. The Morgan fingerprint density at radius 3 is 2.70 bits per heavy atom. The molecule has 112 valence electrons. The first kappa shape index (κ1) is 15.8. The van der Waals surface area contributed by atoms with E-state index < -0.39 is 10.0 Å². The summed E-state index contributed by atoms with van der Waals surface area (Å²) in [5.74, 6) is 0.313. The van der Waals surface area contributed by atoms with Gasteiger partial charge in [-0.15, -0.1) is 11.3 Å². The van der Waals surface area contributed by atoms with E-state index in [1.807, 2.05) is 6.92 Å². The number of nitrogens with two attached hydrogens (primary N) is 1. The fourth-order valence-electron chi connectivity index (χ4n) is 2.21. The zero-order valence-corrected chi connectivity index (χ0v) is 13.6. The van der Waals surface area contributed by atoms with E-state index in [0.717, 1.165) is 24.2 Å². The highest BCUT2D eigenvalue weighted by atomic mass is 32.2. The number of nitrogens with one attached hydrogen (secondary N) is 1. The van der Waals surface area contributed by atoms with Crippen molar-refractivity contribution in [2.24, 2.45) is 11.7 Å². The van der Waals surface area contributed by atoms with Crippen molar-refractivity contribution >= 4 is 38.6 Å². The van der Waals surface area contributed by atoms with Crippen LogP contribution in [0.3, 0.4) is 0 Å². The number of sulfonamides is 1. The number of hydrogen-bond donors (Lipinski definition) is 2. The van der Waals surface area contributed by atoms with Gasteiger partial charge in [0.2, 0.25) is 10.0 Å². The van der Waals surface area contributed by atoms with Crippen LogP contribution in [0.2, 0.25) is 0 Å². The highest BCUT2D eigenvalue weighted by Gasteiger charge is 2.26. The molecule has 1 aromatic heterocycles. The Morgan fingerprint density at radius 1 is 1.50 bits per heavy atom. The van der Waals surface area contributed by atoms with Crippen molar-refractivity contribution in [3.8, 4) is 0 Å². The topological polar surface area (TPSA) is 81.4 Å². The van der Waals surface area contributed by atoms with Gasteiger partial charge in [-0.2, -0.15) is 0 Å². The molecule has 1 aliphatic heterocycles. The molecule has 8 heteroatoms. The minimum absolute atomic E-state index is 0.112. The van der Waals surface area contributed by atoms with Gasteiger partial charge >= 0.3 is 0 Å². The predicted octanol–water partition coefficient (Wildman–Crippen LogP) is 1.48. The summed E-state index contributed by atoms with van der Waals surface area (Å²) in [6, 6.07) is 3.07. The normalized spacial score (nSPS) is 18.9. The Balaban J connectivity index is 2.07. The molecule has 0 bridgehead atoms. The lowest BCUT2D eigenvalue weighted by molar-refractivity contribution is 0.0586. The molecule has 0 aliphatic carbocycles. The zero-order chi connectivity index (χ0) is 14.8. The standard InChI is InChI=1S/C12H18N2O3S3/c1-8(9-4-6-17-7-5-9)14-20(15,16)11-3-2-10(19-11)12(13)18/h2-3,8-9,14H,4-7H2,1H3,(H2,13,18). The third-order valence-electron chi connectivity index (χ3n) is 3.40. The van der Waals surface area contributed by atoms with Gasteiger partial charge in [-0.1, -0.05) is 12.2 Å². The number of ether oxygens (including phenoxy) is 1. The van der Waals surface area contributed by atoms with Crippen LogP contribution < -0.4 is 10.5 Å². The molecule has 2 rings (SSSR count). The summed E-state index contributed by atoms with van der Waals surface area (Å²) in [6.07, 6.45) is 1.76. The van der Waals surface area contributed by atoms with Crippen molar-refractivity contribution in [1.29, 1.82) is 0 Å². The van der Waals surface area contributed by atoms with Gasteiger partial charge in [0.25, 0.3) is 0 Å². The lowest BCUT2D eigenvalue weighted by Crippen LogP contribution is -2.39. The molecule has 0 amide bonds. The minimum Gasteiger partial charge on any atom is -0.389 e. The van der Waals surface area contributed by atoms with E-state index in [4.69, 9.17) is 22.7 Å². The van der Waals surface area contributed by atoms with Crippen molar-refractivity contribution < 1.29 is 13.2 Å². The molecule has 1 unspecified atom stereocenters. The second kappa shape index (κ2) is 6.48. The fourth-order valence-corrected chi connectivity index (χ4v) is 4.89. The van der Waals surface area contributed by atoms with Crippen LogP contribution in [-0.4, -0.2) is 32.7 Å². The Labute approximate surface area is 128 Å². The van der Waals surface area contributed by atoms with E-state index in [9.17, 15) is 8.42 Å². The van der Waals surface area contributed by atoms with E-state index in [1.54, 1.807) is 6.07 Å². The number of thiocarbonyl (C=S) groups is 1. The van der Waals surface area contributed by atoms with Gasteiger partial charge in [-0.05, 0) is 37.8 Å². The van der Waals surface area contributed by atoms with Gasteiger partial charge in [0.05, 0.1) is 4.88 Å². The SMILES string of the molecule is CC(NS(=O)(=O)c1ccc(C(N)=S)s1)C1CCOCC1. The summed E-state index contributed by atoms with van der Waals surface area (Å²) < 4.78 is 32.9. The Hall–Kier alpha value is -0.540. The number of rotatable bonds is 5. The van der Waals surface area contributed by atoms with Crippen LogP contribution >= 0.6 is 23.6 Å². The molecule has 1 saturated heterocycles. The average molecular weight is 334 g/mol. The maximum Gasteiger partial charge on any atom is 0.250 e. The molecule has 2 heterocycles. The zero-order valence-electron chi connectivity index (χ0n) is 11.2. The molecule has 0 spiro atoms. The molecule has 0 radical (unpaired) electrons. The third kappa shape index (κ3) is 3.76. The van der Waals surface area contributed by atoms with Crippen molar-refractivity contribution in [2.45, 2.75) is 30.0 Å². The van der Waals surface area contributed by atoms with Crippen molar-refractivity contribution in [2.75, 3.05) is 13.2 Å². The minimum atomic E-state index is -3.51. The average Bonchev–Trinajstić information content (AvgIpc) is 2.90. The monoisotopic (exact) mass is 334 g/mol. The molecule has 1 fully saturated rings. The molecule has 5 nitrogen and oxygen atoms in total. The Kier molecular flexibility index (Phi) is 5.14. The molecule has 1 aromatic rings. The van der Waals surface area contributed by atoms with Crippen LogP contribution in [-0.2, 0) is 14.8 Å². The predicted molar refractivity (Wildman–Crippen MR) is 83.5 cm³/mol. The van der Waals surface area contributed by atoms with Gasteiger partial charge in [0, 0.05) is 19.3 Å². The molecule has 0 aromatic carbocycles. The van der Waals surface area contributed by atoms with Crippen LogP contribution in [0.4, 0.5) is 0 Å². The smallest absolute Gasteiger partial charge is 0.250 e. The summed E-state index contributed by atoms with van der Waals surface area (Å²) in [5, 5.41) is 0. The van der Waals surface area contributed by atoms with E-state index in [1.165, 1.54) is 6.07 Å².